The molecular weight excluding hydrogens is 218 g/mol. The number of hydrogen-bond donors (Lipinski definition) is 1. The first-order chi connectivity index (χ1) is 7.50. The van der Waals surface area contributed by atoms with Gasteiger partial charge in [0.25, 0.3) is 0 Å². The molecule has 0 spiro atoms. The van der Waals surface area contributed by atoms with Crippen LogP contribution in [0, 0.1) is 11.3 Å². The Morgan fingerprint density at radius 3 is 2.75 bits per heavy atom. The van der Waals surface area contributed by atoms with Crippen LogP contribution in [0.3, 0.4) is 0 Å². The highest BCUT2D eigenvalue weighted by atomic mass is 19.3. The molecule has 0 amide bonds. The Hall–Kier alpha value is -2.03. The van der Waals surface area contributed by atoms with Crippen molar-refractivity contribution in [3.63, 3.8) is 0 Å². The topological polar surface area (TPSA) is 54.3 Å². The molecular formula is C10H8F2N2O2. The summed E-state index contributed by atoms with van der Waals surface area (Å²) in [6, 6.07) is 5.82. The number of hydrogen-bond acceptors (Lipinski definition) is 4. The van der Waals surface area contributed by atoms with Gasteiger partial charge in [0.2, 0.25) is 0 Å². The number of nitrogens with one attached hydrogen (secondary N) is 1. The van der Waals surface area contributed by atoms with E-state index >= 15 is 0 Å². The maximum absolute atomic E-state index is 12.7. The van der Waals surface area contributed by atoms with Crippen LogP contribution in [0.4, 0.5) is 14.5 Å². The monoisotopic (exact) mass is 226 g/mol. The largest absolute Gasteiger partial charge is 0.586 e. The summed E-state index contributed by atoms with van der Waals surface area (Å²) >= 11 is 0. The number of alkyl halides is 2. The fourth-order valence-electron chi connectivity index (χ4n) is 1.32. The van der Waals surface area contributed by atoms with Crippen molar-refractivity contribution in [3.8, 4) is 17.6 Å². The molecule has 0 aliphatic carbocycles. The molecule has 1 aromatic rings. The van der Waals surface area contributed by atoms with Crippen molar-refractivity contribution < 1.29 is 18.3 Å². The molecule has 6 heteroatoms. The molecule has 84 valence electrons. The second kappa shape index (κ2) is 3.52. The molecule has 1 unspecified atom stereocenters. The van der Waals surface area contributed by atoms with Crippen molar-refractivity contribution in [2.45, 2.75) is 19.3 Å². The van der Waals surface area contributed by atoms with Crippen molar-refractivity contribution in [3.05, 3.63) is 18.2 Å². The van der Waals surface area contributed by atoms with E-state index in [1.807, 2.05) is 6.07 Å². The number of nitrogens with zero attached hydrogens (tertiary/aromatic N) is 1. The zero-order chi connectivity index (χ0) is 11.8. The van der Waals surface area contributed by atoms with E-state index in [4.69, 9.17) is 5.26 Å². The van der Waals surface area contributed by atoms with Crippen LogP contribution in [-0.4, -0.2) is 12.3 Å². The van der Waals surface area contributed by atoms with Crippen molar-refractivity contribution in [2.75, 3.05) is 5.32 Å². The van der Waals surface area contributed by atoms with Crippen LogP contribution in [-0.2, 0) is 0 Å². The van der Waals surface area contributed by atoms with Crippen LogP contribution in [0.15, 0.2) is 18.2 Å². The highest BCUT2D eigenvalue weighted by molar-refractivity contribution is 5.56. The first-order valence-corrected chi connectivity index (χ1v) is 4.56. The average molecular weight is 226 g/mol. The van der Waals surface area contributed by atoms with Gasteiger partial charge in [0, 0.05) is 11.8 Å². The van der Waals surface area contributed by atoms with E-state index in [1.54, 1.807) is 6.92 Å². The minimum atomic E-state index is -3.61. The molecule has 2 rings (SSSR count). The third-order valence-corrected chi connectivity index (χ3v) is 1.98. The first kappa shape index (κ1) is 10.5. The van der Waals surface area contributed by atoms with Crippen molar-refractivity contribution >= 4 is 5.69 Å². The normalized spacial score (nSPS) is 17.6. The molecule has 1 atom stereocenters. The number of halogens is 2. The third kappa shape index (κ3) is 1.98. The average Bonchev–Trinajstić information content (AvgIpc) is 2.51. The van der Waals surface area contributed by atoms with Gasteiger partial charge in [-0.1, -0.05) is 0 Å². The summed E-state index contributed by atoms with van der Waals surface area (Å²) < 4.78 is 33.9. The summed E-state index contributed by atoms with van der Waals surface area (Å²) in [4.78, 5) is 0. The van der Waals surface area contributed by atoms with Gasteiger partial charge in [0.1, 0.15) is 6.04 Å². The van der Waals surface area contributed by atoms with Gasteiger partial charge in [-0.25, -0.2) is 0 Å². The van der Waals surface area contributed by atoms with Gasteiger partial charge < -0.3 is 14.8 Å². The Bertz CT molecular complexity index is 457. The second-order valence-corrected chi connectivity index (χ2v) is 3.32. The predicted molar refractivity (Wildman–Crippen MR) is 51.3 cm³/mol. The highest BCUT2D eigenvalue weighted by Crippen LogP contribution is 2.42. The summed E-state index contributed by atoms with van der Waals surface area (Å²) in [6.45, 7) is 1.65. The summed E-state index contributed by atoms with van der Waals surface area (Å²) in [5.74, 6) is -0.0553. The van der Waals surface area contributed by atoms with Gasteiger partial charge in [-0.3, -0.25) is 0 Å². The fraction of sp³-hybridized carbons (Fsp3) is 0.300. The standard InChI is InChI=1S/C10H8F2N2O2/c1-6(5-13)14-7-2-3-8-9(4-7)16-10(11,12)15-8/h2-4,6,14H,1H3. The van der Waals surface area contributed by atoms with Gasteiger partial charge in [-0.05, 0) is 19.1 Å². The Labute approximate surface area is 90.4 Å². The van der Waals surface area contributed by atoms with Gasteiger partial charge in [-0.2, -0.15) is 5.26 Å². The first-order valence-electron chi connectivity index (χ1n) is 4.56. The van der Waals surface area contributed by atoms with Crippen molar-refractivity contribution in [1.82, 2.24) is 0 Å². The van der Waals surface area contributed by atoms with Crippen molar-refractivity contribution in [1.29, 1.82) is 5.26 Å². The van der Waals surface area contributed by atoms with Gasteiger partial charge in [0.15, 0.2) is 11.5 Å². The molecule has 0 fully saturated rings. The summed E-state index contributed by atoms with van der Waals surface area (Å²) in [5.41, 5.74) is 0.522. The van der Waals surface area contributed by atoms with Crippen LogP contribution >= 0.6 is 0 Å². The molecule has 1 aliphatic heterocycles. The second-order valence-electron chi connectivity index (χ2n) is 3.32. The van der Waals surface area contributed by atoms with Crippen LogP contribution in [0.25, 0.3) is 0 Å². The molecule has 1 N–H and O–H groups in total. The lowest BCUT2D eigenvalue weighted by Gasteiger charge is -2.07. The Balaban J connectivity index is 2.20. The predicted octanol–water partition coefficient (Wildman–Crippen LogP) is 2.33. The summed E-state index contributed by atoms with van der Waals surface area (Å²) in [5, 5.41) is 11.4. The van der Waals surface area contributed by atoms with E-state index in [-0.39, 0.29) is 11.5 Å². The van der Waals surface area contributed by atoms with E-state index < -0.39 is 12.3 Å². The zero-order valence-corrected chi connectivity index (χ0v) is 8.33. The molecule has 4 nitrogen and oxygen atoms in total. The number of rotatable bonds is 2. The van der Waals surface area contributed by atoms with Crippen molar-refractivity contribution in [2.24, 2.45) is 0 Å². The maximum Gasteiger partial charge on any atom is 0.586 e. The van der Waals surface area contributed by atoms with E-state index in [0.29, 0.717) is 5.69 Å². The Kier molecular flexibility index (Phi) is 2.31. The molecule has 1 aromatic carbocycles. The lowest BCUT2D eigenvalue weighted by Crippen LogP contribution is -2.25. The minimum absolute atomic E-state index is 0.0137. The van der Waals surface area contributed by atoms with E-state index in [9.17, 15) is 8.78 Å². The van der Waals surface area contributed by atoms with E-state index in [1.165, 1.54) is 18.2 Å². The molecule has 1 heterocycles. The number of benzene rings is 1. The Morgan fingerprint density at radius 1 is 1.38 bits per heavy atom. The molecule has 0 bridgehead atoms. The van der Waals surface area contributed by atoms with Crippen LogP contribution < -0.4 is 14.8 Å². The van der Waals surface area contributed by atoms with Gasteiger partial charge in [0.05, 0.1) is 6.07 Å². The van der Waals surface area contributed by atoms with E-state index in [0.717, 1.165) is 0 Å². The van der Waals surface area contributed by atoms with Gasteiger partial charge in [-0.15, -0.1) is 8.78 Å². The molecule has 16 heavy (non-hydrogen) atoms. The molecule has 1 aliphatic rings. The van der Waals surface area contributed by atoms with Crippen LogP contribution in [0.1, 0.15) is 6.92 Å². The lowest BCUT2D eigenvalue weighted by molar-refractivity contribution is -0.286. The number of nitriles is 1. The fourth-order valence-corrected chi connectivity index (χ4v) is 1.32. The smallest absolute Gasteiger partial charge is 0.395 e. The number of fused-ring (bicyclic) bond motifs is 1. The summed E-state index contributed by atoms with van der Waals surface area (Å²) in [6.07, 6.45) is -3.61. The molecule has 0 saturated heterocycles. The lowest BCUT2D eigenvalue weighted by atomic mass is 10.2. The van der Waals surface area contributed by atoms with Gasteiger partial charge >= 0.3 is 6.29 Å². The highest BCUT2D eigenvalue weighted by Gasteiger charge is 2.43. The third-order valence-electron chi connectivity index (χ3n) is 1.98. The minimum Gasteiger partial charge on any atom is -0.395 e. The zero-order valence-electron chi connectivity index (χ0n) is 8.33. The maximum atomic E-state index is 12.7. The van der Waals surface area contributed by atoms with Crippen LogP contribution in [0.2, 0.25) is 0 Å². The quantitative estimate of drug-likeness (QED) is 0.840. The molecule has 0 saturated carbocycles. The van der Waals surface area contributed by atoms with E-state index in [2.05, 4.69) is 14.8 Å². The summed E-state index contributed by atoms with van der Waals surface area (Å²) in [7, 11) is 0. The Morgan fingerprint density at radius 2 is 2.06 bits per heavy atom. The van der Waals surface area contributed by atoms with Crippen LogP contribution in [0.5, 0.6) is 11.5 Å². The molecule has 0 aromatic heterocycles. The SMILES string of the molecule is CC(C#N)Nc1ccc2c(c1)OC(F)(F)O2. The number of anilines is 1. The molecule has 0 radical (unpaired) electrons. The number of ether oxygens (including phenoxy) is 2.